The lowest BCUT2D eigenvalue weighted by atomic mass is 10.1. The standard InChI is InChI=1S/C24H24N2O6S/c1-4-5-15-6-8-18(20(13-15)29-2)31-10-11-32-19-9-7-16(14-21(19)30-3)12-17-22(27)25-24(33)26-23(17)28/h4,6-9,12-14H,1,5,10-11H2,2-3H3,(H2,25,26,27,28,33). The number of allylic oxidation sites excluding steroid dienone is 1. The Kier molecular flexibility index (Phi) is 8.04. The van der Waals surface area contributed by atoms with E-state index in [1.54, 1.807) is 25.3 Å². The van der Waals surface area contributed by atoms with Gasteiger partial charge in [-0.2, -0.15) is 0 Å². The van der Waals surface area contributed by atoms with Crippen molar-refractivity contribution in [2.75, 3.05) is 27.4 Å². The van der Waals surface area contributed by atoms with Crippen molar-refractivity contribution < 1.29 is 28.5 Å². The molecule has 1 heterocycles. The van der Waals surface area contributed by atoms with Crippen LogP contribution in [0.2, 0.25) is 0 Å². The van der Waals surface area contributed by atoms with E-state index in [0.717, 1.165) is 12.0 Å². The molecule has 0 aromatic heterocycles. The number of thiocarbonyl (C=S) groups is 1. The average molecular weight is 469 g/mol. The maximum atomic E-state index is 12.0. The van der Waals surface area contributed by atoms with E-state index >= 15 is 0 Å². The van der Waals surface area contributed by atoms with Crippen LogP contribution in [0.1, 0.15) is 11.1 Å². The van der Waals surface area contributed by atoms with Crippen LogP contribution in [0.3, 0.4) is 0 Å². The van der Waals surface area contributed by atoms with Crippen molar-refractivity contribution >= 4 is 35.2 Å². The van der Waals surface area contributed by atoms with Gasteiger partial charge in [0.1, 0.15) is 18.8 Å². The molecule has 0 radical (unpaired) electrons. The first-order chi connectivity index (χ1) is 15.9. The molecular weight excluding hydrogens is 444 g/mol. The minimum atomic E-state index is -0.562. The number of nitrogens with one attached hydrogen (secondary N) is 2. The van der Waals surface area contributed by atoms with E-state index in [0.29, 0.717) is 28.6 Å². The molecule has 0 unspecified atom stereocenters. The van der Waals surface area contributed by atoms with Crippen molar-refractivity contribution in [2.24, 2.45) is 0 Å². The van der Waals surface area contributed by atoms with Crippen molar-refractivity contribution in [3.63, 3.8) is 0 Å². The first-order valence-electron chi connectivity index (χ1n) is 10.0. The molecule has 3 rings (SSSR count). The fourth-order valence-corrected chi connectivity index (χ4v) is 3.28. The number of benzene rings is 2. The molecule has 33 heavy (non-hydrogen) atoms. The van der Waals surface area contributed by atoms with E-state index in [9.17, 15) is 9.59 Å². The molecule has 0 bridgehead atoms. The van der Waals surface area contributed by atoms with Crippen molar-refractivity contribution in [1.82, 2.24) is 10.6 Å². The number of amides is 2. The highest BCUT2D eigenvalue weighted by Gasteiger charge is 2.25. The number of hydrogen-bond acceptors (Lipinski definition) is 7. The Labute approximate surface area is 197 Å². The second kappa shape index (κ2) is 11.1. The highest BCUT2D eigenvalue weighted by atomic mass is 32.1. The normalized spacial score (nSPS) is 13.0. The molecule has 2 N–H and O–H groups in total. The highest BCUT2D eigenvalue weighted by Crippen LogP contribution is 2.30. The van der Waals surface area contributed by atoms with Crippen LogP contribution in [0.5, 0.6) is 23.0 Å². The summed E-state index contributed by atoms with van der Waals surface area (Å²) < 4.78 is 22.4. The van der Waals surface area contributed by atoms with Crippen LogP contribution in [-0.2, 0) is 16.0 Å². The number of rotatable bonds is 10. The van der Waals surface area contributed by atoms with Gasteiger partial charge in [0.05, 0.1) is 14.2 Å². The van der Waals surface area contributed by atoms with Crippen LogP contribution in [0.15, 0.2) is 54.6 Å². The lowest BCUT2D eigenvalue weighted by molar-refractivity contribution is -0.123. The maximum Gasteiger partial charge on any atom is 0.263 e. The predicted molar refractivity (Wildman–Crippen MR) is 128 cm³/mol. The second-order valence-corrected chi connectivity index (χ2v) is 7.29. The summed E-state index contributed by atoms with van der Waals surface area (Å²) in [5.74, 6) is 1.08. The molecule has 1 aliphatic rings. The molecule has 2 aromatic rings. The first kappa shape index (κ1) is 23.8. The third-order valence-electron chi connectivity index (χ3n) is 4.65. The third-order valence-corrected chi connectivity index (χ3v) is 4.85. The molecule has 0 saturated carbocycles. The van der Waals surface area contributed by atoms with Crippen molar-refractivity contribution in [1.29, 1.82) is 0 Å². The van der Waals surface area contributed by atoms with Gasteiger partial charge in [0.2, 0.25) is 0 Å². The van der Waals surface area contributed by atoms with Crippen LogP contribution in [0, 0.1) is 0 Å². The maximum absolute atomic E-state index is 12.0. The third kappa shape index (κ3) is 6.11. The van der Waals surface area contributed by atoms with Gasteiger partial charge >= 0.3 is 0 Å². The summed E-state index contributed by atoms with van der Waals surface area (Å²) in [4.78, 5) is 24.0. The number of carbonyl (C=O) groups is 2. The average Bonchev–Trinajstić information content (AvgIpc) is 2.80. The molecule has 172 valence electrons. The first-order valence-corrected chi connectivity index (χ1v) is 10.5. The second-order valence-electron chi connectivity index (χ2n) is 6.88. The van der Waals surface area contributed by atoms with E-state index in [1.807, 2.05) is 24.3 Å². The molecule has 1 saturated heterocycles. The molecule has 0 atom stereocenters. The zero-order valence-corrected chi connectivity index (χ0v) is 19.1. The summed E-state index contributed by atoms with van der Waals surface area (Å²) in [6.45, 7) is 4.28. The Bertz CT molecular complexity index is 1090. The van der Waals surface area contributed by atoms with E-state index in [2.05, 4.69) is 17.2 Å². The van der Waals surface area contributed by atoms with Crippen molar-refractivity contribution in [3.05, 3.63) is 65.8 Å². The van der Waals surface area contributed by atoms with Gasteiger partial charge in [-0.25, -0.2) is 0 Å². The SMILES string of the molecule is C=CCc1ccc(OCCOc2ccc(C=C3C(=O)NC(=S)NC3=O)cc2OC)c(OC)c1. The molecule has 0 aliphatic carbocycles. The van der Waals surface area contributed by atoms with Gasteiger partial charge in [-0.1, -0.05) is 18.2 Å². The van der Waals surface area contributed by atoms with Gasteiger partial charge in [-0.3, -0.25) is 20.2 Å². The topological polar surface area (TPSA) is 95.1 Å². The Morgan fingerprint density at radius 1 is 0.879 bits per heavy atom. The summed E-state index contributed by atoms with van der Waals surface area (Å²) >= 11 is 4.80. The molecule has 0 spiro atoms. The Morgan fingerprint density at radius 3 is 2.03 bits per heavy atom. The van der Waals surface area contributed by atoms with Gasteiger partial charge in [0.15, 0.2) is 28.1 Å². The van der Waals surface area contributed by atoms with Crippen molar-refractivity contribution in [3.8, 4) is 23.0 Å². The van der Waals surface area contributed by atoms with Crippen LogP contribution >= 0.6 is 12.2 Å². The molecule has 2 amide bonds. The van der Waals surface area contributed by atoms with Crippen molar-refractivity contribution in [2.45, 2.75) is 6.42 Å². The molecule has 1 fully saturated rings. The van der Waals surface area contributed by atoms with E-state index in [-0.39, 0.29) is 23.9 Å². The van der Waals surface area contributed by atoms with Crippen LogP contribution in [0.4, 0.5) is 0 Å². The highest BCUT2D eigenvalue weighted by molar-refractivity contribution is 7.80. The lowest BCUT2D eigenvalue weighted by Crippen LogP contribution is -2.51. The lowest BCUT2D eigenvalue weighted by Gasteiger charge is -2.16. The predicted octanol–water partition coefficient (Wildman–Crippen LogP) is 2.80. The molecule has 1 aliphatic heterocycles. The fraction of sp³-hybridized carbons (Fsp3) is 0.208. The van der Waals surface area contributed by atoms with Gasteiger partial charge < -0.3 is 18.9 Å². The van der Waals surface area contributed by atoms with E-state index < -0.39 is 11.8 Å². The van der Waals surface area contributed by atoms with Crippen LogP contribution in [-0.4, -0.2) is 44.4 Å². The Balaban J connectivity index is 1.63. The fourth-order valence-electron chi connectivity index (χ4n) is 3.09. The summed E-state index contributed by atoms with van der Waals surface area (Å²) in [6.07, 6.45) is 4.02. The minimum absolute atomic E-state index is 0.0176. The van der Waals surface area contributed by atoms with Gasteiger partial charge in [0.25, 0.3) is 11.8 Å². The van der Waals surface area contributed by atoms with E-state index in [1.165, 1.54) is 13.2 Å². The van der Waals surface area contributed by atoms with Crippen LogP contribution < -0.4 is 29.6 Å². The summed E-state index contributed by atoms with van der Waals surface area (Å²) in [6, 6.07) is 10.8. The van der Waals surface area contributed by atoms with Gasteiger partial charge in [0, 0.05) is 0 Å². The monoisotopic (exact) mass is 468 g/mol. The Hall–Kier alpha value is -3.85. The summed E-state index contributed by atoms with van der Waals surface area (Å²) in [7, 11) is 3.09. The quantitative estimate of drug-likeness (QED) is 0.182. The molecule has 9 heteroatoms. The summed E-state index contributed by atoms with van der Waals surface area (Å²) in [5.41, 5.74) is 1.62. The number of hydrogen-bond donors (Lipinski definition) is 2. The minimum Gasteiger partial charge on any atom is -0.493 e. The summed E-state index contributed by atoms with van der Waals surface area (Å²) in [5, 5.41) is 4.77. The Morgan fingerprint density at radius 2 is 1.45 bits per heavy atom. The van der Waals surface area contributed by atoms with Gasteiger partial charge in [-0.15, -0.1) is 6.58 Å². The molecule has 8 nitrogen and oxygen atoms in total. The number of carbonyl (C=O) groups excluding carboxylic acids is 2. The number of ether oxygens (including phenoxy) is 4. The van der Waals surface area contributed by atoms with E-state index in [4.69, 9.17) is 31.2 Å². The molecular formula is C24H24N2O6S. The molecule has 2 aromatic carbocycles. The smallest absolute Gasteiger partial charge is 0.263 e. The zero-order chi connectivity index (χ0) is 23.8. The zero-order valence-electron chi connectivity index (χ0n) is 18.3. The van der Waals surface area contributed by atoms with Gasteiger partial charge in [-0.05, 0) is 60.1 Å². The number of methoxy groups -OCH3 is 2. The largest absolute Gasteiger partial charge is 0.493 e. The van der Waals surface area contributed by atoms with Crippen LogP contribution in [0.25, 0.3) is 6.08 Å².